The molecule has 0 radical (unpaired) electrons. The summed E-state index contributed by atoms with van der Waals surface area (Å²) in [6.45, 7) is 2.14. The molecule has 0 spiro atoms. The maximum Gasteiger partial charge on any atom is 0.414 e. The number of nitrogens with zero attached hydrogens (tertiary/aromatic N) is 2. The van der Waals surface area contributed by atoms with Gasteiger partial charge in [-0.1, -0.05) is 6.07 Å². The molecule has 0 aliphatic carbocycles. The predicted octanol–water partition coefficient (Wildman–Crippen LogP) is 2.69. The van der Waals surface area contributed by atoms with E-state index >= 15 is 0 Å². The van der Waals surface area contributed by atoms with Gasteiger partial charge in [0.2, 0.25) is 5.88 Å². The molecule has 1 saturated heterocycles. The van der Waals surface area contributed by atoms with Gasteiger partial charge >= 0.3 is 6.09 Å². The molecule has 1 atom stereocenters. The highest BCUT2D eigenvalue weighted by atomic mass is 16.6. The molecule has 0 bridgehead atoms. The van der Waals surface area contributed by atoms with Gasteiger partial charge in [-0.15, -0.1) is 0 Å². The highest BCUT2D eigenvalue weighted by Crippen LogP contribution is 2.22. The number of ketones is 1. The summed E-state index contributed by atoms with van der Waals surface area (Å²) < 4.78 is 10.8. The van der Waals surface area contributed by atoms with Crippen LogP contribution in [0, 0.1) is 0 Å². The van der Waals surface area contributed by atoms with Crippen molar-refractivity contribution >= 4 is 17.6 Å². The summed E-state index contributed by atoms with van der Waals surface area (Å²) in [4.78, 5) is 28.8. The fraction of sp³-hybridized carbons (Fsp3) is 0.235. The molecule has 1 aliphatic heterocycles. The standard InChI is InChI=1S/C17H16N2O4/c1-12(20)13-5-7-14(8-6-13)19-10-15(23-17(19)21)11-22-16-4-2-3-9-18-16/h2-9,15H,10-11H2,1H3/t15-/m1/s1. The van der Waals surface area contributed by atoms with E-state index in [1.807, 2.05) is 6.07 Å². The van der Waals surface area contributed by atoms with Gasteiger partial charge in [0.25, 0.3) is 0 Å². The molecule has 23 heavy (non-hydrogen) atoms. The summed E-state index contributed by atoms with van der Waals surface area (Å²) in [7, 11) is 0. The molecule has 6 heteroatoms. The molecule has 0 saturated carbocycles. The molecular weight excluding hydrogens is 296 g/mol. The monoisotopic (exact) mass is 312 g/mol. The first-order chi connectivity index (χ1) is 11.1. The Hall–Kier alpha value is -2.89. The minimum Gasteiger partial charge on any atom is -0.474 e. The first-order valence-electron chi connectivity index (χ1n) is 7.26. The number of pyridine rings is 1. The van der Waals surface area contributed by atoms with Crippen LogP contribution in [0.25, 0.3) is 0 Å². The fourth-order valence-corrected chi connectivity index (χ4v) is 2.31. The highest BCUT2D eigenvalue weighted by Gasteiger charge is 2.32. The lowest BCUT2D eigenvalue weighted by molar-refractivity contribution is 0.101. The van der Waals surface area contributed by atoms with Crippen LogP contribution in [0.15, 0.2) is 48.7 Å². The number of Topliss-reactive ketones (excluding diaryl/α,β-unsaturated/α-hetero) is 1. The second kappa shape index (κ2) is 6.48. The number of benzene rings is 1. The van der Waals surface area contributed by atoms with Gasteiger partial charge in [-0.05, 0) is 37.3 Å². The van der Waals surface area contributed by atoms with Crippen LogP contribution in [-0.2, 0) is 4.74 Å². The zero-order valence-electron chi connectivity index (χ0n) is 12.6. The first-order valence-corrected chi connectivity index (χ1v) is 7.26. The van der Waals surface area contributed by atoms with Crippen molar-refractivity contribution in [2.24, 2.45) is 0 Å². The minimum atomic E-state index is -0.421. The smallest absolute Gasteiger partial charge is 0.414 e. The van der Waals surface area contributed by atoms with Gasteiger partial charge in [0, 0.05) is 23.5 Å². The van der Waals surface area contributed by atoms with Gasteiger partial charge in [-0.3, -0.25) is 9.69 Å². The van der Waals surface area contributed by atoms with Gasteiger partial charge in [-0.2, -0.15) is 0 Å². The second-order valence-electron chi connectivity index (χ2n) is 5.20. The maximum atomic E-state index is 12.0. The molecule has 0 unspecified atom stereocenters. The average Bonchev–Trinajstić information content (AvgIpc) is 2.95. The predicted molar refractivity (Wildman–Crippen MR) is 83.8 cm³/mol. The molecular formula is C17H16N2O4. The van der Waals surface area contributed by atoms with Crippen LogP contribution in [0.5, 0.6) is 5.88 Å². The quantitative estimate of drug-likeness (QED) is 0.794. The number of amides is 1. The van der Waals surface area contributed by atoms with Crippen molar-refractivity contribution < 1.29 is 19.1 Å². The third-order valence-corrected chi connectivity index (χ3v) is 3.51. The summed E-state index contributed by atoms with van der Waals surface area (Å²) in [5, 5.41) is 0. The topological polar surface area (TPSA) is 68.7 Å². The molecule has 0 N–H and O–H groups in total. The summed E-state index contributed by atoms with van der Waals surface area (Å²) in [5.41, 5.74) is 1.30. The van der Waals surface area contributed by atoms with E-state index in [2.05, 4.69) is 4.98 Å². The van der Waals surface area contributed by atoms with Gasteiger partial charge in [0.1, 0.15) is 6.61 Å². The minimum absolute atomic E-state index is 0.0119. The Bertz CT molecular complexity index is 700. The maximum absolute atomic E-state index is 12.0. The van der Waals surface area contributed by atoms with Crippen LogP contribution >= 0.6 is 0 Å². The SMILES string of the molecule is CC(=O)c1ccc(N2C[C@H](COc3ccccn3)OC2=O)cc1. The van der Waals surface area contributed by atoms with Crippen LogP contribution in [0.4, 0.5) is 10.5 Å². The number of carbonyl (C=O) groups is 2. The number of hydrogen-bond acceptors (Lipinski definition) is 5. The first kappa shape index (κ1) is 15.0. The van der Waals surface area contributed by atoms with Crippen molar-refractivity contribution in [1.29, 1.82) is 0 Å². The van der Waals surface area contributed by atoms with E-state index in [9.17, 15) is 9.59 Å². The van der Waals surface area contributed by atoms with Gasteiger partial charge in [-0.25, -0.2) is 9.78 Å². The number of rotatable bonds is 5. The van der Waals surface area contributed by atoms with Crippen molar-refractivity contribution in [3.63, 3.8) is 0 Å². The van der Waals surface area contributed by atoms with E-state index in [4.69, 9.17) is 9.47 Å². The summed E-state index contributed by atoms with van der Waals surface area (Å²) >= 11 is 0. The number of hydrogen-bond donors (Lipinski definition) is 0. The Labute approximate surface area is 133 Å². The van der Waals surface area contributed by atoms with Crippen LogP contribution < -0.4 is 9.64 Å². The molecule has 118 valence electrons. The molecule has 1 fully saturated rings. The van der Waals surface area contributed by atoms with E-state index in [1.54, 1.807) is 42.6 Å². The number of cyclic esters (lactones) is 1. The van der Waals surface area contributed by atoms with Crippen molar-refractivity contribution in [2.45, 2.75) is 13.0 Å². The van der Waals surface area contributed by atoms with E-state index in [1.165, 1.54) is 11.8 Å². The molecule has 6 nitrogen and oxygen atoms in total. The zero-order chi connectivity index (χ0) is 16.2. The largest absolute Gasteiger partial charge is 0.474 e. The van der Waals surface area contributed by atoms with Crippen LogP contribution in [-0.4, -0.2) is 36.1 Å². The van der Waals surface area contributed by atoms with Gasteiger partial charge in [0.05, 0.1) is 6.54 Å². The van der Waals surface area contributed by atoms with Crippen molar-refractivity contribution in [3.8, 4) is 5.88 Å². The molecule has 1 aromatic carbocycles. The van der Waals surface area contributed by atoms with Crippen LogP contribution in [0.3, 0.4) is 0 Å². The Morgan fingerprint density at radius 3 is 2.74 bits per heavy atom. The zero-order valence-corrected chi connectivity index (χ0v) is 12.6. The molecule has 2 heterocycles. The lowest BCUT2D eigenvalue weighted by Crippen LogP contribution is -2.26. The van der Waals surface area contributed by atoms with E-state index < -0.39 is 6.09 Å². The van der Waals surface area contributed by atoms with Crippen LogP contribution in [0.2, 0.25) is 0 Å². The summed E-state index contributed by atoms with van der Waals surface area (Å²) in [6.07, 6.45) is 0.853. The van der Waals surface area contributed by atoms with Crippen molar-refractivity contribution in [1.82, 2.24) is 4.98 Å². The third kappa shape index (κ3) is 3.48. The van der Waals surface area contributed by atoms with Crippen LogP contribution in [0.1, 0.15) is 17.3 Å². The Morgan fingerprint density at radius 2 is 2.09 bits per heavy atom. The van der Waals surface area contributed by atoms with Crippen molar-refractivity contribution in [2.75, 3.05) is 18.1 Å². The Kier molecular flexibility index (Phi) is 4.23. The Balaban J connectivity index is 1.62. The average molecular weight is 312 g/mol. The van der Waals surface area contributed by atoms with Gasteiger partial charge in [0.15, 0.2) is 11.9 Å². The molecule has 2 aromatic rings. The molecule has 1 amide bonds. The Morgan fingerprint density at radius 1 is 1.30 bits per heavy atom. The molecule has 1 aromatic heterocycles. The summed E-state index contributed by atoms with van der Waals surface area (Å²) in [6, 6.07) is 12.2. The molecule has 1 aliphatic rings. The normalized spacial score (nSPS) is 17.0. The van der Waals surface area contributed by atoms with Crippen molar-refractivity contribution in [3.05, 3.63) is 54.2 Å². The summed E-state index contributed by atoms with van der Waals surface area (Å²) in [5.74, 6) is 0.481. The molecule has 3 rings (SSSR count). The fourth-order valence-electron chi connectivity index (χ4n) is 2.31. The number of carbonyl (C=O) groups excluding carboxylic acids is 2. The number of ether oxygens (including phenoxy) is 2. The number of anilines is 1. The second-order valence-corrected chi connectivity index (χ2v) is 5.20. The van der Waals surface area contributed by atoms with E-state index in [0.29, 0.717) is 23.7 Å². The highest BCUT2D eigenvalue weighted by molar-refractivity contribution is 5.95. The van der Waals surface area contributed by atoms with E-state index in [-0.39, 0.29) is 18.5 Å². The lowest BCUT2D eigenvalue weighted by atomic mass is 10.1. The number of aromatic nitrogens is 1. The van der Waals surface area contributed by atoms with E-state index in [0.717, 1.165) is 0 Å². The van der Waals surface area contributed by atoms with Gasteiger partial charge < -0.3 is 9.47 Å². The third-order valence-electron chi connectivity index (χ3n) is 3.51. The lowest BCUT2D eigenvalue weighted by Gasteiger charge is -2.13.